The number of hydrogen-bond donors (Lipinski definition) is 0. The molecule has 0 N–H and O–H groups in total. The molecule has 0 fully saturated rings. The summed E-state index contributed by atoms with van der Waals surface area (Å²) in [6.07, 6.45) is 6.16. The fraction of sp³-hybridized carbons (Fsp3) is 0.364. The van der Waals surface area contributed by atoms with Crippen molar-refractivity contribution in [1.29, 1.82) is 0 Å². The molecule has 2 aromatic rings. The van der Waals surface area contributed by atoms with Crippen LogP contribution >= 0.6 is 11.3 Å². The lowest BCUT2D eigenvalue weighted by Gasteiger charge is -2.10. The second-order valence-corrected chi connectivity index (χ2v) is 4.29. The Balaban J connectivity index is 1.87. The normalized spacial score (nSPS) is 12.9. The highest BCUT2D eigenvalue weighted by molar-refractivity contribution is 7.07. The highest BCUT2D eigenvalue weighted by atomic mass is 32.1. The lowest BCUT2D eigenvalue weighted by Crippen LogP contribution is -2.06. The summed E-state index contributed by atoms with van der Waals surface area (Å²) in [4.78, 5) is 0. The van der Waals surface area contributed by atoms with Gasteiger partial charge in [-0.05, 0) is 48.2 Å². The van der Waals surface area contributed by atoms with Crippen molar-refractivity contribution in [3.05, 3.63) is 40.8 Å². The van der Waals surface area contributed by atoms with E-state index in [0.29, 0.717) is 6.04 Å². The van der Waals surface area contributed by atoms with Crippen LogP contribution in [0.4, 0.5) is 0 Å². The van der Waals surface area contributed by atoms with Gasteiger partial charge in [0, 0.05) is 18.4 Å². The molecule has 2 nitrogen and oxygen atoms in total. The van der Waals surface area contributed by atoms with Crippen LogP contribution in [0, 0.1) is 0 Å². The van der Waals surface area contributed by atoms with E-state index in [9.17, 15) is 0 Å². The molecule has 0 aromatic carbocycles. The van der Waals surface area contributed by atoms with E-state index < -0.39 is 0 Å². The van der Waals surface area contributed by atoms with Gasteiger partial charge >= 0.3 is 0 Å². The average molecular weight is 206 g/mol. The fourth-order valence-corrected chi connectivity index (χ4v) is 2.19. The summed E-state index contributed by atoms with van der Waals surface area (Å²) in [5.74, 6) is 0. The van der Waals surface area contributed by atoms with E-state index in [1.807, 2.05) is 23.1 Å². The molecule has 0 saturated heterocycles. The van der Waals surface area contributed by atoms with Gasteiger partial charge in [0.05, 0.1) is 0 Å². The highest BCUT2D eigenvalue weighted by Crippen LogP contribution is 2.15. The molecular weight excluding hydrogens is 192 g/mol. The van der Waals surface area contributed by atoms with Crippen LogP contribution in [-0.2, 0) is 6.42 Å². The Hall–Kier alpha value is -1.09. The number of thiophene rings is 1. The molecule has 0 saturated carbocycles. The zero-order valence-corrected chi connectivity index (χ0v) is 9.07. The van der Waals surface area contributed by atoms with Crippen LogP contribution in [0.25, 0.3) is 0 Å². The Bertz CT molecular complexity index is 351. The summed E-state index contributed by atoms with van der Waals surface area (Å²) in [5, 5.41) is 8.59. The van der Waals surface area contributed by atoms with E-state index in [2.05, 4.69) is 28.8 Å². The van der Waals surface area contributed by atoms with Gasteiger partial charge in [-0.15, -0.1) is 0 Å². The van der Waals surface area contributed by atoms with E-state index in [-0.39, 0.29) is 0 Å². The van der Waals surface area contributed by atoms with Crippen molar-refractivity contribution in [2.45, 2.75) is 25.8 Å². The molecule has 2 heterocycles. The molecule has 74 valence electrons. The first-order chi connectivity index (χ1) is 6.86. The Labute approximate surface area is 88.2 Å². The molecule has 14 heavy (non-hydrogen) atoms. The summed E-state index contributed by atoms with van der Waals surface area (Å²) in [5.41, 5.74) is 1.44. The predicted octanol–water partition coefficient (Wildman–Crippen LogP) is 3.14. The number of rotatable bonds is 4. The van der Waals surface area contributed by atoms with Crippen molar-refractivity contribution in [2.75, 3.05) is 0 Å². The van der Waals surface area contributed by atoms with Gasteiger partial charge in [-0.2, -0.15) is 16.4 Å². The molecule has 1 atom stereocenters. The molecule has 2 aromatic heterocycles. The van der Waals surface area contributed by atoms with Crippen molar-refractivity contribution in [3.8, 4) is 0 Å². The van der Waals surface area contributed by atoms with Crippen LogP contribution in [0.1, 0.15) is 24.9 Å². The van der Waals surface area contributed by atoms with E-state index in [1.165, 1.54) is 5.56 Å². The van der Waals surface area contributed by atoms with Crippen molar-refractivity contribution in [1.82, 2.24) is 9.78 Å². The van der Waals surface area contributed by atoms with E-state index >= 15 is 0 Å². The summed E-state index contributed by atoms with van der Waals surface area (Å²) >= 11 is 1.77. The lowest BCUT2D eigenvalue weighted by atomic mass is 10.1. The van der Waals surface area contributed by atoms with E-state index in [4.69, 9.17) is 0 Å². The Morgan fingerprint density at radius 1 is 1.57 bits per heavy atom. The van der Waals surface area contributed by atoms with Crippen molar-refractivity contribution < 1.29 is 0 Å². The van der Waals surface area contributed by atoms with Gasteiger partial charge in [0.1, 0.15) is 0 Å². The molecule has 0 aliphatic heterocycles. The van der Waals surface area contributed by atoms with Crippen molar-refractivity contribution in [2.24, 2.45) is 0 Å². The van der Waals surface area contributed by atoms with Crippen LogP contribution < -0.4 is 0 Å². The van der Waals surface area contributed by atoms with Gasteiger partial charge in [-0.25, -0.2) is 0 Å². The van der Waals surface area contributed by atoms with Gasteiger partial charge in [0.2, 0.25) is 0 Å². The highest BCUT2D eigenvalue weighted by Gasteiger charge is 2.04. The number of aryl methyl sites for hydroxylation is 1. The Morgan fingerprint density at radius 2 is 2.50 bits per heavy atom. The van der Waals surface area contributed by atoms with Gasteiger partial charge < -0.3 is 0 Å². The van der Waals surface area contributed by atoms with Crippen LogP contribution in [0.5, 0.6) is 0 Å². The molecule has 2 rings (SSSR count). The summed E-state index contributed by atoms with van der Waals surface area (Å²) in [7, 11) is 0. The first-order valence-corrected chi connectivity index (χ1v) is 5.81. The molecule has 0 radical (unpaired) electrons. The van der Waals surface area contributed by atoms with Gasteiger partial charge in [-0.3, -0.25) is 4.68 Å². The molecular formula is C11H14N2S. The third kappa shape index (κ3) is 2.23. The third-order valence-electron chi connectivity index (χ3n) is 2.41. The van der Waals surface area contributed by atoms with Crippen LogP contribution in [0.3, 0.4) is 0 Å². The zero-order chi connectivity index (χ0) is 9.80. The first-order valence-electron chi connectivity index (χ1n) is 4.86. The molecule has 0 amide bonds. The second kappa shape index (κ2) is 4.42. The van der Waals surface area contributed by atoms with Gasteiger partial charge in [0.25, 0.3) is 0 Å². The molecule has 0 bridgehead atoms. The standard InChI is InChI=1S/C11H14N2S/c1-10(13-7-2-6-12-13)3-4-11-5-8-14-9-11/h2,5-10H,3-4H2,1H3. The summed E-state index contributed by atoms with van der Waals surface area (Å²) in [6.45, 7) is 2.21. The molecule has 0 aliphatic carbocycles. The molecule has 1 unspecified atom stereocenters. The summed E-state index contributed by atoms with van der Waals surface area (Å²) in [6, 6.07) is 4.66. The third-order valence-corrected chi connectivity index (χ3v) is 3.14. The maximum Gasteiger partial charge on any atom is 0.0494 e. The monoisotopic (exact) mass is 206 g/mol. The number of aromatic nitrogens is 2. The average Bonchev–Trinajstić information content (AvgIpc) is 2.87. The van der Waals surface area contributed by atoms with E-state index in [1.54, 1.807) is 11.3 Å². The smallest absolute Gasteiger partial charge is 0.0494 e. The zero-order valence-electron chi connectivity index (χ0n) is 8.26. The van der Waals surface area contributed by atoms with Crippen molar-refractivity contribution >= 4 is 11.3 Å². The molecule has 0 spiro atoms. The van der Waals surface area contributed by atoms with E-state index in [0.717, 1.165) is 12.8 Å². The van der Waals surface area contributed by atoms with Gasteiger partial charge in [0.15, 0.2) is 0 Å². The Morgan fingerprint density at radius 3 is 3.14 bits per heavy atom. The minimum absolute atomic E-state index is 0.491. The minimum Gasteiger partial charge on any atom is -0.270 e. The largest absolute Gasteiger partial charge is 0.270 e. The predicted molar refractivity (Wildman–Crippen MR) is 59.6 cm³/mol. The summed E-state index contributed by atoms with van der Waals surface area (Å²) < 4.78 is 2.02. The quantitative estimate of drug-likeness (QED) is 0.751. The topological polar surface area (TPSA) is 17.8 Å². The fourth-order valence-electron chi connectivity index (χ4n) is 1.48. The van der Waals surface area contributed by atoms with Crippen LogP contribution in [0.2, 0.25) is 0 Å². The van der Waals surface area contributed by atoms with Crippen molar-refractivity contribution in [3.63, 3.8) is 0 Å². The van der Waals surface area contributed by atoms with Crippen LogP contribution in [-0.4, -0.2) is 9.78 Å². The van der Waals surface area contributed by atoms with Crippen LogP contribution in [0.15, 0.2) is 35.3 Å². The maximum absolute atomic E-state index is 4.24. The minimum atomic E-state index is 0.491. The molecule has 3 heteroatoms. The Kier molecular flexibility index (Phi) is 2.99. The number of hydrogen-bond acceptors (Lipinski definition) is 2. The SMILES string of the molecule is CC(CCc1ccsc1)n1cccn1. The van der Waals surface area contributed by atoms with Gasteiger partial charge in [-0.1, -0.05) is 0 Å². The second-order valence-electron chi connectivity index (χ2n) is 3.51. The number of nitrogens with zero attached hydrogens (tertiary/aromatic N) is 2. The lowest BCUT2D eigenvalue weighted by molar-refractivity contribution is 0.460. The first kappa shape index (κ1) is 9.46. The maximum atomic E-state index is 4.24. The molecule has 0 aliphatic rings.